The predicted octanol–water partition coefficient (Wildman–Crippen LogP) is 1.97. The number of nitro benzene ring substituents is 1. The maximum absolute atomic E-state index is 11.2. The van der Waals surface area contributed by atoms with Crippen LogP contribution in [0.3, 0.4) is 0 Å². The number of anilines is 1. The summed E-state index contributed by atoms with van der Waals surface area (Å²) in [7, 11) is 0. The van der Waals surface area contributed by atoms with Gasteiger partial charge in [0, 0.05) is 24.8 Å². The Hall–Kier alpha value is -2.15. The lowest BCUT2D eigenvalue weighted by Gasteiger charge is -2.34. The largest absolute Gasteiger partial charge is 0.478 e. The molecule has 2 unspecified atom stereocenters. The molecular weight excluding hydrogens is 276 g/mol. The summed E-state index contributed by atoms with van der Waals surface area (Å²) in [5, 5.41) is 20.3. The van der Waals surface area contributed by atoms with Crippen LogP contribution in [-0.2, 0) is 4.74 Å². The summed E-state index contributed by atoms with van der Waals surface area (Å²) in [6, 6.07) is 2.64. The van der Waals surface area contributed by atoms with Gasteiger partial charge in [-0.15, -0.1) is 0 Å². The Labute approximate surface area is 121 Å². The lowest BCUT2D eigenvalue weighted by Crippen LogP contribution is -2.43. The van der Waals surface area contributed by atoms with Crippen molar-refractivity contribution >= 4 is 17.3 Å². The van der Waals surface area contributed by atoms with Crippen LogP contribution in [0, 0.1) is 17.0 Å². The van der Waals surface area contributed by atoms with Crippen LogP contribution in [0.4, 0.5) is 11.4 Å². The zero-order valence-electron chi connectivity index (χ0n) is 11.6. The Morgan fingerprint density at radius 2 is 2.00 bits per heavy atom. The van der Waals surface area contributed by atoms with Gasteiger partial charge in [0.2, 0.25) is 0 Å². The fraction of sp³-hybridized carbons (Fsp3) is 0.500. The Morgan fingerprint density at radius 1 is 1.38 bits per heavy atom. The fourth-order valence-electron chi connectivity index (χ4n) is 3.14. The third-order valence-electron chi connectivity index (χ3n) is 4.18. The molecule has 3 rings (SSSR count). The molecule has 2 saturated heterocycles. The van der Waals surface area contributed by atoms with Crippen molar-refractivity contribution in [1.29, 1.82) is 0 Å². The van der Waals surface area contributed by atoms with Gasteiger partial charge in [-0.1, -0.05) is 0 Å². The quantitative estimate of drug-likeness (QED) is 0.676. The average molecular weight is 292 g/mol. The van der Waals surface area contributed by atoms with Crippen molar-refractivity contribution in [3.8, 4) is 0 Å². The minimum absolute atomic E-state index is 0.0545. The van der Waals surface area contributed by atoms with Crippen molar-refractivity contribution in [3.05, 3.63) is 33.4 Å². The summed E-state index contributed by atoms with van der Waals surface area (Å²) < 4.78 is 5.75. The Bertz CT molecular complexity index is 604. The van der Waals surface area contributed by atoms with Crippen molar-refractivity contribution in [3.63, 3.8) is 0 Å². The molecule has 1 aromatic carbocycles. The molecule has 2 aliphatic heterocycles. The number of carboxylic acids is 1. The van der Waals surface area contributed by atoms with Crippen molar-refractivity contribution in [2.24, 2.45) is 0 Å². The standard InChI is InChI=1S/C14H16N2O5/c1-8-12(15-6-10-2-3-11(7-15)21-10)4-9(14(17)18)5-13(8)16(19)20/h4-5,10-11H,2-3,6-7H2,1H3,(H,17,18). The Morgan fingerprint density at radius 3 is 2.52 bits per heavy atom. The molecule has 0 spiro atoms. The third-order valence-corrected chi connectivity index (χ3v) is 4.18. The molecule has 2 atom stereocenters. The first-order valence-electron chi connectivity index (χ1n) is 6.88. The van der Waals surface area contributed by atoms with E-state index in [2.05, 4.69) is 0 Å². The summed E-state index contributed by atoms with van der Waals surface area (Å²) >= 11 is 0. The number of aromatic carboxylic acids is 1. The molecule has 7 heteroatoms. The number of rotatable bonds is 3. The first-order valence-corrected chi connectivity index (χ1v) is 6.88. The molecule has 21 heavy (non-hydrogen) atoms. The second-order valence-corrected chi connectivity index (χ2v) is 5.56. The molecule has 2 aliphatic rings. The van der Waals surface area contributed by atoms with Crippen LogP contribution >= 0.6 is 0 Å². The lowest BCUT2D eigenvalue weighted by molar-refractivity contribution is -0.385. The Kier molecular flexibility index (Phi) is 3.29. The van der Waals surface area contributed by atoms with Crippen LogP contribution in [0.2, 0.25) is 0 Å². The van der Waals surface area contributed by atoms with E-state index in [-0.39, 0.29) is 23.5 Å². The molecule has 7 nitrogen and oxygen atoms in total. The van der Waals surface area contributed by atoms with E-state index in [1.165, 1.54) is 6.07 Å². The number of hydrogen-bond acceptors (Lipinski definition) is 5. The number of hydrogen-bond donors (Lipinski definition) is 1. The van der Waals surface area contributed by atoms with Gasteiger partial charge >= 0.3 is 5.97 Å². The van der Waals surface area contributed by atoms with E-state index in [9.17, 15) is 14.9 Å². The maximum atomic E-state index is 11.2. The smallest absolute Gasteiger partial charge is 0.336 e. The van der Waals surface area contributed by atoms with Gasteiger partial charge in [0.25, 0.3) is 5.69 Å². The summed E-state index contributed by atoms with van der Waals surface area (Å²) in [6.45, 7) is 2.96. The van der Waals surface area contributed by atoms with E-state index in [4.69, 9.17) is 9.84 Å². The van der Waals surface area contributed by atoms with Crippen molar-refractivity contribution in [2.75, 3.05) is 18.0 Å². The minimum atomic E-state index is -1.16. The molecular formula is C14H16N2O5. The van der Waals surface area contributed by atoms with E-state index in [1.807, 2.05) is 4.90 Å². The van der Waals surface area contributed by atoms with Gasteiger partial charge < -0.3 is 14.7 Å². The summed E-state index contributed by atoms with van der Waals surface area (Å²) in [5.41, 5.74) is 0.929. The second kappa shape index (κ2) is 5.00. The highest BCUT2D eigenvalue weighted by molar-refractivity contribution is 5.90. The highest BCUT2D eigenvalue weighted by Gasteiger charge is 2.35. The van der Waals surface area contributed by atoms with Gasteiger partial charge in [-0.2, -0.15) is 0 Å². The SMILES string of the molecule is Cc1c(N2CC3CCC(C2)O3)cc(C(=O)O)cc1[N+](=O)[O-]. The molecule has 2 bridgehead atoms. The van der Waals surface area contributed by atoms with Gasteiger partial charge in [0.1, 0.15) is 0 Å². The van der Waals surface area contributed by atoms with Crippen LogP contribution in [0.1, 0.15) is 28.8 Å². The van der Waals surface area contributed by atoms with Crippen LogP contribution in [0.5, 0.6) is 0 Å². The van der Waals surface area contributed by atoms with E-state index < -0.39 is 10.9 Å². The highest BCUT2D eigenvalue weighted by Crippen LogP contribution is 2.35. The van der Waals surface area contributed by atoms with E-state index in [1.54, 1.807) is 6.92 Å². The number of nitrogens with zero attached hydrogens (tertiary/aromatic N) is 2. The van der Waals surface area contributed by atoms with Gasteiger partial charge in [0.05, 0.1) is 28.3 Å². The van der Waals surface area contributed by atoms with Gasteiger partial charge in [-0.05, 0) is 25.8 Å². The zero-order valence-corrected chi connectivity index (χ0v) is 11.6. The van der Waals surface area contributed by atoms with Crippen molar-refractivity contribution in [1.82, 2.24) is 0 Å². The number of carbonyl (C=O) groups is 1. The topological polar surface area (TPSA) is 92.9 Å². The third kappa shape index (κ3) is 2.44. The second-order valence-electron chi connectivity index (χ2n) is 5.56. The first kappa shape index (κ1) is 13.8. The van der Waals surface area contributed by atoms with Crippen molar-refractivity contribution in [2.45, 2.75) is 32.0 Å². The molecule has 0 aromatic heterocycles. The van der Waals surface area contributed by atoms with E-state index in [0.717, 1.165) is 18.9 Å². The minimum Gasteiger partial charge on any atom is -0.478 e. The molecule has 0 saturated carbocycles. The number of benzene rings is 1. The van der Waals surface area contributed by atoms with E-state index >= 15 is 0 Å². The summed E-state index contributed by atoms with van der Waals surface area (Å²) in [6.07, 6.45) is 2.24. The van der Waals surface area contributed by atoms with Crippen molar-refractivity contribution < 1.29 is 19.6 Å². The van der Waals surface area contributed by atoms with Crippen LogP contribution in [0.15, 0.2) is 12.1 Å². The van der Waals surface area contributed by atoms with Crippen LogP contribution in [0.25, 0.3) is 0 Å². The van der Waals surface area contributed by atoms with E-state index in [0.29, 0.717) is 24.3 Å². The van der Waals surface area contributed by atoms with Crippen LogP contribution < -0.4 is 4.90 Å². The first-order chi connectivity index (χ1) is 9.95. The van der Waals surface area contributed by atoms with Gasteiger partial charge in [-0.3, -0.25) is 10.1 Å². The molecule has 0 aliphatic carbocycles. The number of fused-ring (bicyclic) bond motifs is 2. The fourth-order valence-corrected chi connectivity index (χ4v) is 3.14. The molecule has 1 N–H and O–H groups in total. The molecule has 2 fully saturated rings. The maximum Gasteiger partial charge on any atom is 0.336 e. The highest BCUT2D eigenvalue weighted by atomic mass is 16.6. The average Bonchev–Trinajstić information content (AvgIpc) is 2.77. The number of carboxylic acid groups (broad SMARTS) is 1. The van der Waals surface area contributed by atoms with Gasteiger partial charge in [0.15, 0.2) is 0 Å². The van der Waals surface area contributed by atoms with Crippen LogP contribution in [-0.4, -0.2) is 41.3 Å². The van der Waals surface area contributed by atoms with Gasteiger partial charge in [-0.25, -0.2) is 4.79 Å². The molecule has 112 valence electrons. The Balaban J connectivity index is 2.04. The monoisotopic (exact) mass is 292 g/mol. The summed E-state index contributed by atoms with van der Waals surface area (Å²) in [4.78, 5) is 23.8. The zero-order chi connectivity index (χ0) is 15.1. The number of nitro groups is 1. The summed E-state index contributed by atoms with van der Waals surface area (Å²) in [5.74, 6) is -1.16. The number of morpholine rings is 1. The predicted molar refractivity (Wildman–Crippen MR) is 74.9 cm³/mol. The lowest BCUT2D eigenvalue weighted by atomic mass is 10.1. The molecule has 0 radical (unpaired) electrons. The normalized spacial score (nSPS) is 24.1. The molecule has 0 amide bonds. The molecule has 2 heterocycles. The number of ether oxygens (including phenoxy) is 1. The molecule has 1 aromatic rings.